The molecule has 0 aliphatic heterocycles. The third-order valence-electron chi connectivity index (χ3n) is 3.97. The van der Waals surface area contributed by atoms with Crippen molar-refractivity contribution in [1.82, 2.24) is 24.6 Å². The van der Waals surface area contributed by atoms with Crippen molar-refractivity contribution < 1.29 is 4.79 Å². The molecule has 0 spiro atoms. The number of nitrogens with zero attached hydrogens (tertiary/aromatic N) is 5. The van der Waals surface area contributed by atoms with Crippen LogP contribution in [0.3, 0.4) is 0 Å². The number of hydrogen-bond donors (Lipinski definition) is 0. The van der Waals surface area contributed by atoms with Crippen molar-refractivity contribution in [1.29, 1.82) is 0 Å². The standard InChI is InChI=1S/C17H15Cl2N5O/c1-11(12-3-5-13(6-4-12)24-10-20-9-21-24)23(2)17(25)16-14(18)7-8-15(19)22-16/h3-11H,1-2H3. The molecular weight excluding hydrogens is 361 g/mol. The molecular formula is C17H15Cl2N5O. The second-order valence-corrected chi connectivity index (χ2v) is 6.28. The van der Waals surface area contributed by atoms with E-state index < -0.39 is 0 Å². The van der Waals surface area contributed by atoms with Crippen LogP contribution in [0, 0.1) is 0 Å². The van der Waals surface area contributed by atoms with E-state index in [1.54, 1.807) is 35.1 Å². The number of carbonyl (C=O) groups excluding carboxylic acids is 1. The summed E-state index contributed by atoms with van der Waals surface area (Å²) in [5.74, 6) is -0.291. The van der Waals surface area contributed by atoms with Gasteiger partial charge in [0.15, 0.2) is 0 Å². The predicted octanol–water partition coefficient (Wildman–Crippen LogP) is 3.80. The third kappa shape index (κ3) is 3.65. The molecule has 3 aromatic rings. The molecule has 128 valence electrons. The first kappa shape index (κ1) is 17.4. The maximum absolute atomic E-state index is 12.7. The summed E-state index contributed by atoms with van der Waals surface area (Å²) in [6, 6.07) is 10.7. The Morgan fingerprint density at radius 2 is 1.88 bits per heavy atom. The van der Waals surface area contributed by atoms with Crippen LogP contribution < -0.4 is 0 Å². The van der Waals surface area contributed by atoms with E-state index in [2.05, 4.69) is 15.1 Å². The van der Waals surface area contributed by atoms with E-state index in [1.165, 1.54) is 6.33 Å². The molecule has 25 heavy (non-hydrogen) atoms. The van der Waals surface area contributed by atoms with Crippen molar-refractivity contribution in [2.75, 3.05) is 7.05 Å². The van der Waals surface area contributed by atoms with Gasteiger partial charge < -0.3 is 4.90 Å². The quantitative estimate of drug-likeness (QED) is 0.650. The van der Waals surface area contributed by atoms with Crippen molar-refractivity contribution in [2.24, 2.45) is 0 Å². The smallest absolute Gasteiger partial charge is 0.274 e. The number of aromatic nitrogens is 4. The third-order valence-corrected chi connectivity index (χ3v) is 4.49. The molecule has 1 atom stereocenters. The topological polar surface area (TPSA) is 63.9 Å². The van der Waals surface area contributed by atoms with Gasteiger partial charge in [-0.25, -0.2) is 14.6 Å². The lowest BCUT2D eigenvalue weighted by atomic mass is 10.1. The minimum absolute atomic E-state index is 0.141. The van der Waals surface area contributed by atoms with Gasteiger partial charge in [-0.2, -0.15) is 5.10 Å². The Balaban J connectivity index is 1.81. The maximum Gasteiger partial charge on any atom is 0.274 e. The maximum atomic E-state index is 12.7. The van der Waals surface area contributed by atoms with Gasteiger partial charge in [0.2, 0.25) is 0 Å². The first-order chi connectivity index (χ1) is 12.0. The van der Waals surface area contributed by atoms with Crippen molar-refractivity contribution in [3.8, 4) is 5.69 Å². The molecule has 0 bridgehead atoms. The zero-order chi connectivity index (χ0) is 18.0. The van der Waals surface area contributed by atoms with E-state index in [0.717, 1.165) is 11.3 Å². The molecule has 6 nitrogen and oxygen atoms in total. The first-order valence-electron chi connectivity index (χ1n) is 7.51. The summed E-state index contributed by atoms with van der Waals surface area (Å²) in [5.41, 5.74) is 2.00. The van der Waals surface area contributed by atoms with E-state index in [0.29, 0.717) is 0 Å². The molecule has 0 radical (unpaired) electrons. The lowest BCUT2D eigenvalue weighted by Crippen LogP contribution is -2.30. The Bertz CT molecular complexity index is 881. The van der Waals surface area contributed by atoms with Crippen LogP contribution in [0.15, 0.2) is 49.1 Å². The monoisotopic (exact) mass is 375 g/mol. The summed E-state index contributed by atoms with van der Waals surface area (Å²) >= 11 is 12.0. The molecule has 1 unspecified atom stereocenters. The SMILES string of the molecule is CC(c1ccc(-n2cncn2)cc1)N(C)C(=O)c1nc(Cl)ccc1Cl. The van der Waals surface area contributed by atoms with Gasteiger partial charge in [0.25, 0.3) is 5.91 Å². The highest BCUT2D eigenvalue weighted by molar-refractivity contribution is 6.34. The van der Waals surface area contributed by atoms with Crippen LogP contribution in [0.2, 0.25) is 10.2 Å². The average molecular weight is 376 g/mol. The minimum atomic E-state index is -0.291. The molecule has 0 fully saturated rings. The van der Waals surface area contributed by atoms with E-state index >= 15 is 0 Å². The molecule has 0 aliphatic carbocycles. The fourth-order valence-electron chi connectivity index (χ4n) is 2.38. The Morgan fingerprint density at radius 3 is 2.52 bits per heavy atom. The van der Waals surface area contributed by atoms with Crippen molar-refractivity contribution in [3.63, 3.8) is 0 Å². The van der Waals surface area contributed by atoms with Gasteiger partial charge in [0.1, 0.15) is 23.5 Å². The lowest BCUT2D eigenvalue weighted by molar-refractivity contribution is 0.0737. The number of rotatable bonds is 4. The fraction of sp³-hybridized carbons (Fsp3) is 0.176. The number of hydrogen-bond acceptors (Lipinski definition) is 4. The highest BCUT2D eigenvalue weighted by Crippen LogP contribution is 2.24. The van der Waals surface area contributed by atoms with Crippen LogP contribution in [0.4, 0.5) is 0 Å². The zero-order valence-electron chi connectivity index (χ0n) is 13.6. The molecule has 2 aromatic heterocycles. The van der Waals surface area contributed by atoms with E-state index in [-0.39, 0.29) is 27.8 Å². The number of carbonyl (C=O) groups is 1. The first-order valence-corrected chi connectivity index (χ1v) is 8.27. The molecule has 8 heteroatoms. The van der Waals surface area contributed by atoms with Crippen LogP contribution in [0.1, 0.15) is 29.0 Å². The normalized spacial score (nSPS) is 12.0. The summed E-state index contributed by atoms with van der Waals surface area (Å²) in [5, 5.41) is 4.59. The van der Waals surface area contributed by atoms with Crippen molar-refractivity contribution in [3.05, 3.63) is 70.5 Å². The molecule has 0 saturated heterocycles. The highest BCUT2D eigenvalue weighted by atomic mass is 35.5. The van der Waals surface area contributed by atoms with Gasteiger partial charge >= 0.3 is 0 Å². The van der Waals surface area contributed by atoms with Gasteiger partial charge in [0.05, 0.1) is 16.8 Å². The van der Waals surface area contributed by atoms with Crippen LogP contribution in [0.25, 0.3) is 5.69 Å². The zero-order valence-corrected chi connectivity index (χ0v) is 15.1. The lowest BCUT2D eigenvalue weighted by Gasteiger charge is -2.25. The predicted molar refractivity (Wildman–Crippen MR) is 96.1 cm³/mol. The van der Waals surface area contributed by atoms with Gasteiger partial charge in [0, 0.05) is 7.05 Å². The minimum Gasteiger partial charge on any atom is -0.334 e. The summed E-state index contributed by atoms with van der Waals surface area (Å²) < 4.78 is 1.67. The summed E-state index contributed by atoms with van der Waals surface area (Å²) in [7, 11) is 1.71. The number of halogens is 2. The largest absolute Gasteiger partial charge is 0.334 e. The second kappa shape index (κ2) is 7.21. The van der Waals surface area contributed by atoms with E-state index in [4.69, 9.17) is 23.2 Å². The fourth-order valence-corrected chi connectivity index (χ4v) is 2.72. The van der Waals surface area contributed by atoms with Crippen LogP contribution in [-0.4, -0.2) is 37.6 Å². The number of pyridine rings is 1. The van der Waals surface area contributed by atoms with Gasteiger partial charge in [-0.3, -0.25) is 4.79 Å². The molecule has 1 aromatic carbocycles. The van der Waals surface area contributed by atoms with Gasteiger partial charge in [-0.15, -0.1) is 0 Å². The Labute approximate surface area is 155 Å². The number of amides is 1. The van der Waals surface area contributed by atoms with Crippen molar-refractivity contribution in [2.45, 2.75) is 13.0 Å². The summed E-state index contributed by atoms with van der Waals surface area (Å²) in [6.45, 7) is 1.93. The second-order valence-electron chi connectivity index (χ2n) is 5.49. The van der Waals surface area contributed by atoms with Crippen LogP contribution in [-0.2, 0) is 0 Å². The van der Waals surface area contributed by atoms with Crippen LogP contribution >= 0.6 is 23.2 Å². The van der Waals surface area contributed by atoms with Crippen molar-refractivity contribution >= 4 is 29.1 Å². The Kier molecular flexibility index (Phi) is 5.01. The van der Waals surface area contributed by atoms with E-state index in [9.17, 15) is 4.79 Å². The molecule has 0 aliphatic rings. The van der Waals surface area contributed by atoms with E-state index in [1.807, 2.05) is 31.2 Å². The average Bonchev–Trinajstić information content (AvgIpc) is 3.16. The van der Waals surface area contributed by atoms with Gasteiger partial charge in [-0.1, -0.05) is 35.3 Å². The highest BCUT2D eigenvalue weighted by Gasteiger charge is 2.22. The summed E-state index contributed by atoms with van der Waals surface area (Å²) in [4.78, 5) is 22.2. The molecule has 1 amide bonds. The van der Waals surface area contributed by atoms with Crippen LogP contribution in [0.5, 0.6) is 0 Å². The summed E-state index contributed by atoms with van der Waals surface area (Å²) in [6.07, 6.45) is 3.10. The molecule has 0 N–H and O–H groups in total. The Hall–Kier alpha value is -2.44. The number of benzene rings is 1. The molecule has 0 saturated carbocycles. The molecule has 3 rings (SSSR count). The van der Waals surface area contributed by atoms with Gasteiger partial charge in [-0.05, 0) is 36.8 Å². The Morgan fingerprint density at radius 1 is 1.16 bits per heavy atom. The molecule has 2 heterocycles.